The molecule has 0 spiro atoms. The van der Waals surface area contributed by atoms with Crippen LogP contribution < -0.4 is 14.4 Å². The van der Waals surface area contributed by atoms with Gasteiger partial charge < -0.3 is 15.0 Å². The molecule has 0 unspecified atom stereocenters. The van der Waals surface area contributed by atoms with E-state index >= 15 is 0 Å². The first-order valence-electron chi connectivity index (χ1n) is 12.5. The Balaban J connectivity index is 2.06. The number of nitrogens with one attached hydrogen (secondary N) is 1. The molecule has 8 nitrogen and oxygen atoms in total. The summed E-state index contributed by atoms with van der Waals surface area (Å²) in [4.78, 5) is 29.0. The number of carbonyl (C=O) groups excluding carboxylic acids is 2. The van der Waals surface area contributed by atoms with Crippen molar-refractivity contribution < 1.29 is 22.7 Å². The van der Waals surface area contributed by atoms with E-state index in [0.717, 1.165) is 21.7 Å². The van der Waals surface area contributed by atoms with E-state index in [0.29, 0.717) is 16.5 Å². The van der Waals surface area contributed by atoms with E-state index in [1.165, 1.54) is 17.0 Å². The highest BCUT2D eigenvalue weighted by Crippen LogP contribution is 2.23. The van der Waals surface area contributed by atoms with Crippen LogP contribution in [0.15, 0.2) is 78.9 Å². The fraction of sp³-hybridized carbons (Fsp3) is 0.310. The van der Waals surface area contributed by atoms with Crippen molar-refractivity contribution in [3.63, 3.8) is 0 Å². The highest BCUT2D eigenvalue weighted by atomic mass is 35.5. The topological polar surface area (TPSA) is 96.0 Å². The molecule has 1 atom stereocenters. The zero-order chi connectivity index (χ0) is 28.6. The Morgan fingerprint density at radius 1 is 0.949 bits per heavy atom. The maximum atomic E-state index is 14.0. The Labute approximate surface area is 235 Å². The Morgan fingerprint density at radius 3 is 2.18 bits per heavy atom. The summed E-state index contributed by atoms with van der Waals surface area (Å²) in [5, 5.41) is 3.36. The van der Waals surface area contributed by atoms with Crippen LogP contribution in [0.2, 0.25) is 5.02 Å². The molecule has 3 aromatic carbocycles. The average molecular weight is 572 g/mol. The lowest BCUT2D eigenvalue weighted by Gasteiger charge is -2.34. The summed E-state index contributed by atoms with van der Waals surface area (Å²) in [5.41, 5.74) is 1.89. The number of carbonyl (C=O) groups is 2. The van der Waals surface area contributed by atoms with Gasteiger partial charge in [-0.05, 0) is 61.4 Å². The third kappa shape index (κ3) is 8.73. The van der Waals surface area contributed by atoms with Crippen LogP contribution in [0, 0.1) is 0 Å². The second kappa shape index (κ2) is 13.5. The highest BCUT2D eigenvalue weighted by molar-refractivity contribution is 7.92. The van der Waals surface area contributed by atoms with Crippen molar-refractivity contribution >= 4 is 39.1 Å². The number of hydrogen-bond donors (Lipinski definition) is 1. The number of rotatable bonds is 12. The van der Waals surface area contributed by atoms with Crippen molar-refractivity contribution in [2.45, 2.75) is 38.9 Å². The van der Waals surface area contributed by atoms with Crippen LogP contribution in [0.4, 0.5) is 5.69 Å². The molecule has 0 saturated carbocycles. The Morgan fingerprint density at radius 2 is 1.59 bits per heavy atom. The SMILES string of the molecule is COc1cccc(CN(C(=O)CN(c2ccc(Cl)cc2)S(C)(=O)=O)[C@H](Cc2ccccc2)C(=O)NC(C)C)c1. The number of amides is 2. The maximum Gasteiger partial charge on any atom is 0.244 e. The van der Waals surface area contributed by atoms with Crippen LogP contribution >= 0.6 is 11.6 Å². The van der Waals surface area contributed by atoms with Gasteiger partial charge in [0.05, 0.1) is 19.1 Å². The molecule has 208 valence electrons. The molecule has 0 aliphatic heterocycles. The molecule has 0 fully saturated rings. The van der Waals surface area contributed by atoms with Crippen molar-refractivity contribution in [1.29, 1.82) is 0 Å². The van der Waals surface area contributed by atoms with Gasteiger partial charge in [-0.3, -0.25) is 13.9 Å². The van der Waals surface area contributed by atoms with E-state index in [9.17, 15) is 18.0 Å². The molecule has 0 aliphatic carbocycles. The maximum absolute atomic E-state index is 14.0. The monoisotopic (exact) mass is 571 g/mol. The van der Waals surface area contributed by atoms with Gasteiger partial charge in [-0.1, -0.05) is 54.1 Å². The van der Waals surface area contributed by atoms with Crippen LogP contribution in [-0.4, -0.2) is 57.1 Å². The molecular weight excluding hydrogens is 538 g/mol. The number of ether oxygens (including phenoxy) is 1. The van der Waals surface area contributed by atoms with Crippen LogP contribution in [0.25, 0.3) is 0 Å². The molecule has 2 amide bonds. The lowest BCUT2D eigenvalue weighted by atomic mass is 10.0. The molecular formula is C29H34ClN3O5S. The summed E-state index contributed by atoms with van der Waals surface area (Å²) in [6.45, 7) is 3.26. The van der Waals surface area contributed by atoms with Crippen LogP contribution in [0.5, 0.6) is 5.75 Å². The highest BCUT2D eigenvalue weighted by Gasteiger charge is 2.33. The molecule has 0 bridgehead atoms. The molecule has 0 aromatic heterocycles. The van der Waals surface area contributed by atoms with Crippen molar-refractivity contribution in [3.8, 4) is 5.75 Å². The van der Waals surface area contributed by atoms with Gasteiger partial charge in [0.1, 0.15) is 18.3 Å². The Hall–Kier alpha value is -3.56. The molecule has 0 saturated heterocycles. The summed E-state index contributed by atoms with van der Waals surface area (Å²) in [5.74, 6) is -0.259. The quantitative estimate of drug-likeness (QED) is 0.350. The molecule has 0 aliphatic rings. The molecule has 3 aromatic rings. The standard InChI is InChI=1S/C29H34ClN3O5S/c1-21(2)31-29(35)27(18-22-9-6-5-7-10-22)32(19-23-11-8-12-26(17-23)38-3)28(34)20-33(39(4,36)37)25-15-13-24(30)14-16-25/h5-17,21,27H,18-20H2,1-4H3,(H,31,35)/t27-/m1/s1. The first kappa shape index (κ1) is 30.0. The number of benzene rings is 3. The number of anilines is 1. The van der Waals surface area contributed by atoms with Crippen molar-refractivity contribution in [3.05, 3.63) is 95.0 Å². The minimum atomic E-state index is -3.84. The number of methoxy groups -OCH3 is 1. The Kier molecular flexibility index (Phi) is 10.4. The van der Waals surface area contributed by atoms with E-state index in [1.54, 1.807) is 37.4 Å². The molecule has 0 heterocycles. The summed E-state index contributed by atoms with van der Waals surface area (Å²) >= 11 is 6.00. The number of sulfonamides is 1. The molecule has 0 radical (unpaired) electrons. The normalized spacial score (nSPS) is 12.1. The fourth-order valence-electron chi connectivity index (χ4n) is 4.12. The van der Waals surface area contributed by atoms with Gasteiger partial charge in [0.15, 0.2) is 0 Å². The summed E-state index contributed by atoms with van der Waals surface area (Å²) in [6, 6.07) is 21.7. The van der Waals surface area contributed by atoms with Crippen molar-refractivity contribution in [2.75, 3.05) is 24.2 Å². The summed E-state index contributed by atoms with van der Waals surface area (Å²) in [7, 11) is -2.30. The first-order valence-corrected chi connectivity index (χ1v) is 14.7. The molecule has 39 heavy (non-hydrogen) atoms. The van der Waals surface area contributed by atoms with Gasteiger partial charge in [-0.15, -0.1) is 0 Å². The lowest BCUT2D eigenvalue weighted by molar-refractivity contribution is -0.140. The van der Waals surface area contributed by atoms with E-state index in [4.69, 9.17) is 16.3 Å². The fourth-order valence-corrected chi connectivity index (χ4v) is 5.10. The molecule has 1 N–H and O–H groups in total. The first-order chi connectivity index (χ1) is 18.5. The average Bonchev–Trinajstić information content (AvgIpc) is 2.89. The van der Waals surface area contributed by atoms with Gasteiger partial charge in [0.2, 0.25) is 21.8 Å². The molecule has 3 rings (SSSR count). The minimum absolute atomic E-state index is 0.0667. The minimum Gasteiger partial charge on any atom is -0.497 e. The number of hydrogen-bond acceptors (Lipinski definition) is 5. The van der Waals surface area contributed by atoms with E-state index in [1.807, 2.05) is 50.2 Å². The summed E-state index contributed by atoms with van der Waals surface area (Å²) < 4.78 is 31.9. The van der Waals surface area contributed by atoms with Crippen LogP contribution in [0.1, 0.15) is 25.0 Å². The lowest BCUT2D eigenvalue weighted by Crippen LogP contribution is -2.54. The smallest absolute Gasteiger partial charge is 0.244 e. The second-order valence-corrected chi connectivity index (χ2v) is 11.8. The zero-order valence-corrected chi connectivity index (χ0v) is 24.1. The third-order valence-corrected chi connectivity index (χ3v) is 7.38. The van der Waals surface area contributed by atoms with Gasteiger partial charge in [0, 0.05) is 24.0 Å². The van der Waals surface area contributed by atoms with E-state index in [-0.39, 0.29) is 24.9 Å². The van der Waals surface area contributed by atoms with E-state index < -0.39 is 28.5 Å². The van der Waals surface area contributed by atoms with E-state index in [2.05, 4.69) is 5.32 Å². The zero-order valence-electron chi connectivity index (χ0n) is 22.5. The largest absolute Gasteiger partial charge is 0.497 e. The Bertz CT molecular complexity index is 1370. The number of nitrogens with zero attached hydrogens (tertiary/aromatic N) is 2. The number of halogens is 1. The third-order valence-electron chi connectivity index (χ3n) is 5.98. The summed E-state index contributed by atoms with van der Waals surface area (Å²) in [6.07, 6.45) is 1.28. The predicted molar refractivity (Wildman–Crippen MR) is 154 cm³/mol. The molecule has 10 heteroatoms. The van der Waals surface area contributed by atoms with Gasteiger partial charge >= 0.3 is 0 Å². The predicted octanol–water partition coefficient (Wildman–Crippen LogP) is 4.28. The van der Waals surface area contributed by atoms with Gasteiger partial charge in [0.25, 0.3) is 0 Å². The van der Waals surface area contributed by atoms with Gasteiger partial charge in [-0.2, -0.15) is 0 Å². The van der Waals surface area contributed by atoms with Gasteiger partial charge in [-0.25, -0.2) is 8.42 Å². The van der Waals surface area contributed by atoms with Crippen LogP contribution in [-0.2, 0) is 32.6 Å². The van der Waals surface area contributed by atoms with Crippen molar-refractivity contribution in [1.82, 2.24) is 10.2 Å². The van der Waals surface area contributed by atoms with Crippen molar-refractivity contribution in [2.24, 2.45) is 0 Å². The van der Waals surface area contributed by atoms with Crippen LogP contribution in [0.3, 0.4) is 0 Å². The second-order valence-electron chi connectivity index (χ2n) is 9.49.